The monoisotopic (exact) mass is 484 g/mol. The number of carbonyl (C=O) groups is 2. The van der Waals surface area contributed by atoms with Crippen LogP contribution in [0.3, 0.4) is 0 Å². The van der Waals surface area contributed by atoms with Crippen molar-refractivity contribution in [1.29, 1.82) is 0 Å². The van der Waals surface area contributed by atoms with Crippen LogP contribution in [-0.4, -0.2) is 44.7 Å². The van der Waals surface area contributed by atoms with Crippen molar-refractivity contribution in [3.8, 4) is 0 Å². The summed E-state index contributed by atoms with van der Waals surface area (Å²) in [6.07, 6.45) is 0.520. The molecule has 0 saturated heterocycles. The van der Waals surface area contributed by atoms with Gasteiger partial charge in [-0.2, -0.15) is 18.3 Å². The number of hydrogen-bond donors (Lipinski definition) is 0. The van der Waals surface area contributed by atoms with Gasteiger partial charge in [-0.3, -0.25) is 19.3 Å². The summed E-state index contributed by atoms with van der Waals surface area (Å²) in [4.78, 5) is 31.3. The molecule has 33 heavy (non-hydrogen) atoms. The van der Waals surface area contributed by atoms with Gasteiger partial charge in [0.25, 0.3) is 0 Å². The lowest BCUT2D eigenvalue weighted by Crippen LogP contribution is -2.38. The van der Waals surface area contributed by atoms with E-state index in [0.29, 0.717) is 31.6 Å². The number of esters is 1. The maximum Gasteiger partial charge on any atom is 0.435 e. The number of halogens is 3. The molecular weight excluding hydrogens is 457 g/mol. The lowest BCUT2D eigenvalue weighted by molar-refractivity contribution is -0.149. The molecule has 4 rings (SSSR count). The van der Waals surface area contributed by atoms with Crippen molar-refractivity contribution in [3.05, 3.63) is 33.5 Å². The average Bonchev–Trinajstić information content (AvgIpc) is 3.42. The van der Waals surface area contributed by atoms with Crippen molar-refractivity contribution in [1.82, 2.24) is 19.7 Å². The molecule has 0 atom stereocenters. The van der Waals surface area contributed by atoms with Crippen LogP contribution in [0.1, 0.15) is 60.9 Å². The maximum atomic E-state index is 13.6. The topological polar surface area (TPSA) is 77.3 Å². The van der Waals surface area contributed by atoms with E-state index in [1.165, 1.54) is 16.0 Å². The van der Waals surface area contributed by atoms with Gasteiger partial charge >= 0.3 is 12.1 Å². The number of aromatic nitrogens is 3. The third-order valence-corrected chi connectivity index (χ3v) is 7.24. The third kappa shape index (κ3) is 5.39. The Morgan fingerprint density at radius 3 is 2.64 bits per heavy atom. The van der Waals surface area contributed by atoms with E-state index in [9.17, 15) is 22.8 Å². The zero-order chi connectivity index (χ0) is 23.6. The predicted molar refractivity (Wildman–Crippen MR) is 114 cm³/mol. The Labute approximate surface area is 193 Å². The second-order valence-corrected chi connectivity index (χ2v) is 9.61. The molecule has 11 heteroatoms. The van der Waals surface area contributed by atoms with E-state index in [2.05, 4.69) is 10.1 Å². The number of hydrogen-bond acceptors (Lipinski definition) is 6. The highest BCUT2D eigenvalue weighted by Gasteiger charge is 2.41. The highest BCUT2D eigenvalue weighted by atomic mass is 32.1. The van der Waals surface area contributed by atoms with E-state index in [1.54, 1.807) is 23.5 Å². The van der Waals surface area contributed by atoms with Crippen LogP contribution in [0.5, 0.6) is 0 Å². The van der Waals surface area contributed by atoms with Gasteiger partial charge in [0.2, 0.25) is 5.91 Å². The molecule has 0 unspecified atom stereocenters. The van der Waals surface area contributed by atoms with E-state index in [4.69, 9.17) is 4.74 Å². The summed E-state index contributed by atoms with van der Waals surface area (Å²) in [5, 5.41) is 3.88. The highest BCUT2D eigenvalue weighted by Crippen LogP contribution is 2.36. The summed E-state index contributed by atoms with van der Waals surface area (Å²) < 4.78 is 47.2. The molecule has 2 aromatic rings. The molecule has 0 spiro atoms. The molecule has 7 nitrogen and oxygen atoms in total. The molecule has 1 aliphatic carbocycles. The van der Waals surface area contributed by atoms with Gasteiger partial charge < -0.3 is 9.64 Å². The van der Waals surface area contributed by atoms with E-state index >= 15 is 0 Å². The van der Waals surface area contributed by atoms with Gasteiger partial charge in [0.15, 0.2) is 5.69 Å². The first-order valence-electron chi connectivity index (χ1n) is 11.2. The molecule has 1 amide bonds. The number of nitrogens with zero attached hydrogens (tertiary/aromatic N) is 4. The minimum absolute atomic E-state index is 0.0562. The minimum atomic E-state index is -4.53. The number of fused-ring (bicyclic) bond motifs is 1. The number of alkyl halides is 3. The predicted octanol–water partition coefficient (Wildman–Crippen LogP) is 4.05. The second kappa shape index (κ2) is 9.82. The molecule has 2 aliphatic rings. The summed E-state index contributed by atoms with van der Waals surface area (Å²) in [7, 11) is 0. The first-order valence-corrected chi connectivity index (χ1v) is 12.1. The highest BCUT2D eigenvalue weighted by molar-refractivity contribution is 7.09. The standard InChI is InChI=1S/C22H27F3N4O3S/c1-2-32-21(31)15-5-3-14(4-6-15)9-19(30)28-8-7-17-18(12-28)29(11-16-10-26-13-33-16)27-20(17)22(23,24)25/h10,13-15H,2-9,11-12H2,1H3/t14-,15-. The molecule has 2 aromatic heterocycles. The fourth-order valence-corrected chi connectivity index (χ4v) is 5.33. The molecule has 1 fully saturated rings. The molecular formula is C22H27F3N4O3S. The molecule has 0 bridgehead atoms. The van der Waals surface area contributed by atoms with Crippen LogP contribution in [0.15, 0.2) is 11.7 Å². The van der Waals surface area contributed by atoms with E-state index < -0.39 is 11.9 Å². The van der Waals surface area contributed by atoms with E-state index in [0.717, 1.165) is 17.7 Å². The van der Waals surface area contributed by atoms with Gasteiger partial charge in [-0.15, -0.1) is 11.3 Å². The van der Waals surface area contributed by atoms with E-state index in [1.807, 2.05) is 0 Å². The van der Waals surface area contributed by atoms with Crippen molar-refractivity contribution in [2.24, 2.45) is 11.8 Å². The van der Waals surface area contributed by atoms with Crippen molar-refractivity contribution in [2.75, 3.05) is 13.2 Å². The second-order valence-electron chi connectivity index (χ2n) is 8.64. The number of amides is 1. The van der Waals surface area contributed by atoms with E-state index in [-0.39, 0.29) is 55.3 Å². The molecule has 3 heterocycles. The maximum absolute atomic E-state index is 13.6. The Bertz CT molecular complexity index is 982. The van der Waals surface area contributed by atoms with Crippen molar-refractivity contribution in [3.63, 3.8) is 0 Å². The Hall–Kier alpha value is -2.43. The molecule has 0 radical (unpaired) electrons. The fraction of sp³-hybridized carbons (Fsp3) is 0.636. The van der Waals surface area contributed by atoms with Gasteiger partial charge in [-0.1, -0.05) is 0 Å². The van der Waals surface area contributed by atoms with Crippen LogP contribution in [0, 0.1) is 11.8 Å². The summed E-state index contributed by atoms with van der Waals surface area (Å²) >= 11 is 1.35. The molecule has 0 N–H and O–H groups in total. The minimum Gasteiger partial charge on any atom is -0.466 e. The van der Waals surface area contributed by atoms with Crippen LogP contribution in [0.4, 0.5) is 13.2 Å². The molecule has 1 aliphatic heterocycles. The lowest BCUT2D eigenvalue weighted by atomic mass is 9.80. The molecule has 180 valence electrons. The Kier molecular flexibility index (Phi) is 7.06. The molecule has 0 aromatic carbocycles. The Morgan fingerprint density at radius 2 is 2.00 bits per heavy atom. The zero-order valence-electron chi connectivity index (χ0n) is 18.4. The van der Waals surface area contributed by atoms with Crippen LogP contribution in [0.2, 0.25) is 0 Å². The van der Waals surface area contributed by atoms with Gasteiger partial charge in [-0.05, 0) is 44.9 Å². The smallest absolute Gasteiger partial charge is 0.435 e. The van der Waals surface area contributed by atoms with Gasteiger partial charge in [0.1, 0.15) is 0 Å². The number of rotatable bonds is 6. The average molecular weight is 485 g/mol. The number of thiazole rings is 1. The van der Waals surface area contributed by atoms with Gasteiger partial charge in [0.05, 0.1) is 36.8 Å². The first-order chi connectivity index (χ1) is 15.8. The summed E-state index contributed by atoms with van der Waals surface area (Å²) in [5.74, 6) is -0.145. The third-order valence-electron chi connectivity index (χ3n) is 6.48. The van der Waals surface area contributed by atoms with Crippen molar-refractivity contribution >= 4 is 23.2 Å². The summed E-state index contributed by atoms with van der Waals surface area (Å²) in [6, 6.07) is 0. The number of ether oxygens (including phenoxy) is 1. The van der Waals surface area contributed by atoms with Crippen LogP contribution in [0.25, 0.3) is 0 Å². The van der Waals surface area contributed by atoms with Crippen LogP contribution in [-0.2, 0) is 40.0 Å². The Balaban J connectivity index is 1.42. The summed E-state index contributed by atoms with van der Waals surface area (Å²) in [5.41, 5.74) is 1.40. The Morgan fingerprint density at radius 1 is 1.24 bits per heavy atom. The van der Waals surface area contributed by atoms with Crippen LogP contribution >= 0.6 is 11.3 Å². The fourth-order valence-electron chi connectivity index (χ4n) is 4.76. The SMILES string of the molecule is CCOC(=O)[C@H]1CC[C@H](CC(=O)N2CCc3c(C(F)(F)F)nn(Cc4cncs4)c3C2)CC1. The van der Waals surface area contributed by atoms with Gasteiger partial charge in [0, 0.05) is 29.6 Å². The van der Waals surface area contributed by atoms with Crippen LogP contribution < -0.4 is 0 Å². The quantitative estimate of drug-likeness (QED) is 0.578. The summed E-state index contributed by atoms with van der Waals surface area (Å²) in [6.45, 7) is 2.72. The van der Waals surface area contributed by atoms with Crippen molar-refractivity contribution in [2.45, 2.75) is 64.7 Å². The lowest BCUT2D eigenvalue weighted by Gasteiger charge is -2.31. The number of carbonyl (C=O) groups excluding carboxylic acids is 2. The largest absolute Gasteiger partial charge is 0.466 e. The van der Waals surface area contributed by atoms with Gasteiger partial charge in [-0.25, -0.2) is 0 Å². The zero-order valence-corrected chi connectivity index (χ0v) is 19.3. The first kappa shape index (κ1) is 23.7. The normalized spacial score (nSPS) is 21.0. The molecule has 1 saturated carbocycles. The van der Waals surface area contributed by atoms with Crippen molar-refractivity contribution < 1.29 is 27.5 Å².